The molecule has 0 spiro atoms. The molecule has 1 saturated heterocycles. The maximum atomic E-state index is 13.1. The number of ether oxygens (including phenoxy) is 3. The van der Waals surface area contributed by atoms with Gasteiger partial charge in [0.15, 0.2) is 0 Å². The van der Waals surface area contributed by atoms with E-state index >= 15 is 0 Å². The van der Waals surface area contributed by atoms with Crippen LogP contribution in [0.15, 0.2) is 41.3 Å². The first kappa shape index (κ1) is 25.6. The molecule has 3 fully saturated rings. The Kier molecular flexibility index (Phi) is 6.84. The van der Waals surface area contributed by atoms with Crippen molar-refractivity contribution >= 4 is 95.8 Å². The highest BCUT2D eigenvalue weighted by molar-refractivity contribution is 14.1. The fourth-order valence-electron chi connectivity index (χ4n) is 5.22. The zero-order chi connectivity index (χ0) is 25.2. The topological polar surface area (TPSA) is 133 Å². The molecule has 5 rings (SSSR count). The van der Waals surface area contributed by atoms with Crippen molar-refractivity contribution in [2.24, 2.45) is 23.7 Å². The number of benzene rings is 2. The molecule has 0 aromatic heterocycles. The average molecular weight is 836 g/mol. The Morgan fingerprint density at radius 3 is 2.40 bits per heavy atom. The molecule has 2 aromatic carbocycles. The maximum absolute atomic E-state index is 13.1. The van der Waals surface area contributed by atoms with Crippen molar-refractivity contribution in [2.75, 3.05) is 0 Å². The third-order valence-corrected chi connectivity index (χ3v) is 11.1. The summed E-state index contributed by atoms with van der Waals surface area (Å²) in [5, 5.41) is 0. The van der Waals surface area contributed by atoms with Crippen LogP contribution in [0.5, 0.6) is 5.75 Å². The molecule has 2 aromatic rings. The van der Waals surface area contributed by atoms with Crippen LogP contribution in [0.4, 0.5) is 0 Å². The molecule has 35 heavy (non-hydrogen) atoms. The second-order valence-corrected chi connectivity index (χ2v) is 13.4. The van der Waals surface area contributed by atoms with E-state index in [1.807, 2.05) is 6.07 Å². The molecule has 9 nitrogen and oxygen atoms in total. The molecular weight excluding hydrogens is 821 g/mol. The minimum absolute atomic E-state index is 0.0598. The minimum Gasteiger partial charge on any atom is -0.458 e. The zero-order valence-corrected chi connectivity index (χ0v) is 24.7. The fraction of sp³-hybridized carbons (Fsp3) is 0.318. The van der Waals surface area contributed by atoms with E-state index in [0.29, 0.717) is 12.0 Å². The number of carbonyl (C=O) groups excluding carboxylic acids is 3. The quantitative estimate of drug-likeness (QED) is 0.158. The van der Waals surface area contributed by atoms with Crippen LogP contribution in [0.1, 0.15) is 16.8 Å². The highest BCUT2D eigenvalue weighted by atomic mass is 127. The van der Waals surface area contributed by atoms with E-state index in [4.69, 9.17) is 18.8 Å². The van der Waals surface area contributed by atoms with Gasteiger partial charge in [-0.15, -0.1) is 0 Å². The summed E-state index contributed by atoms with van der Waals surface area (Å²) in [5.74, 6) is -3.92. The van der Waals surface area contributed by atoms with Gasteiger partial charge < -0.3 is 14.2 Å². The van der Waals surface area contributed by atoms with Crippen molar-refractivity contribution in [2.45, 2.75) is 23.5 Å². The number of fused-ring (bicyclic) bond motifs is 1. The lowest BCUT2D eigenvalue weighted by Crippen LogP contribution is -2.44. The van der Waals surface area contributed by atoms with Crippen LogP contribution in [-0.2, 0) is 29.2 Å². The lowest BCUT2D eigenvalue weighted by molar-refractivity contribution is -0.149. The maximum Gasteiger partial charge on any atom is 0.339 e. The van der Waals surface area contributed by atoms with Crippen LogP contribution < -0.4 is 4.74 Å². The van der Waals surface area contributed by atoms with Gasteiger partial charge in [0, 0.05) is 22.5 Å². The molecule has 2 aliphatic carbocycles. The molecule has 0 amide bonds. The molecule has 184 valence electrons. The largest absolute Gasteiger partial charge is 0.458 e. The van der Waals surface area contributed by atoms with E-state index in [1.54, 1.807) is 6.07 Å². The zero-order valence-electron chi connectivity index (χ0n) is 17.4. The van der Waals surface area contributed by atoms with Gasteiger partial charge >= 0.3 is 17.9 Å². The number of halogens is 3. The van der Waals surface area contributed by atoms with Gasteiger partial charge in [0.25, 0.3) is 10.1 Å². The lowest BCUT2D eigenvalue weighted by atomic mass is 9.78. The Morgan fingerprint density at radius 2 is 1.74 bits per heavy atom. The van der Waals surface area contributed by atoms with Gasteiger partial charge in [0.05, 0.1) is 22.3 Å². The van der Waals surface area contributed by atoms with Gasteiger partial charge in [-0.05, 0) is 111 Å². The summed E-state index contributed by atoms with van der Waals surface area (Å²) in [6, 6.07) is 8.35. The second kappa shape index (κ2) is 9.36. The van der Waals surface area contributed by atoms with Crippen LogP contribution in [0.3, 0.4) is 0 Å². The summed E-state index contributed by atoms with van der Waals surface area (Å²) in [5.41, 5.74) is 0.406. The van der Waals surface area contributed by atoms with E-state index in [2.05, 4.69) is 67.8 Å². The molecule has 2 saturated carbocycles. The number of carbonyl (C=O) groups is 3. The first-order chi connectivity index (χ1) is 16.5. The Hall–Kier alpha value is -1.05. The fourth-order valence-corrected chi connectivity index (χ4v) is 8.08. The Balaban J connectivity index is 1.37. The molecular formula is C22H15I3O9S. The molecule has 0 radical (unpaired) electrons. The standard InChI is InChI=1S/C22H15I3O9S/c23-8-5-13(17(25)14(24)6-8)20(26)33-18-11-7-12-16(22(28)34-19(12)18)15(11)21(27)32-9-1-3-10(4-2-9)35(29,30)31/h1-6,11-12,15-16,18-19H,7H2,(H,29,30,31). The first-order valence-electron chi connectivity index (χ1n) is 10.3. The van der Waals surface area contributed by atoms with Crippen molar-refractivity contribution in [3.05, 3.63) is 52.7 Å². The van der Waals surface area contributed by atoms with Crippen LogP contribution in [-0.4, -0.2) is 43.1 Å². The van der Waals surface area contributed by atoms with Crippen molar-refractivity contribution in [1.29, 1.82) is 0 Å². The van der Waals surface area contributed by atoms with E-state index in [1.165, 1.54) is 12.1 Å². The Labute approximate surface area is 240 Å². The van der Waals surface area contributed by atoms with Crippen molar-refractivity contribution in [1.82, 2.24) is 0 Å². The number of esters is 3. The molecule has 1 N–H and O–H groups in total. The van der Waals surface area contributed by atoms with Crippen LogP contribution in [0.2, 0.25) is 0 Å². The summed E-state index contributed by atoms with van der Waals surface area (Å²) in [7, 11) is -4.39. The van der Waals surface area contributed by atoms with E-state index < -0.39 is 58.0 Å². The number of rotatable bonds is 5. The Bertz CT molecular complexity index is 1360. The molecule has 3 aliphatic rings. The lowest BCUT2D eigenvalue weighted by Gasteiger charge is -2.30. The summed E-state index contributed by atoms with van der Waals surface area (Å²) < 4.78 is 50.9. The predicted molar refractivity (Wildman–Crippen MR) is 144 cm³/mol. The van der Waals surface area contributed by atoms with Crippen LogP contribution in [0.25, 0.3) is 0 Å². The summed E-state index contributed by atoms with van der Waals surface area (Å²) >= 11 is 6.35. The number of hydrogen-bond donors (Lipinski definition) is 1. The predicted octanol–water partition coefficient (Wildman–Crippen LogP) is 3.69. The van der Waals surface area contributed by atoms with Gasteiger partial charge in [-0.3, -0.25) is 14.1 Å². The normalized spacial score (nSPS) is 28.6. The first-order valence-corrected chi connectivity index (χ1v) is 15.0. The number of hydrogen-bond acceptors (Lipinski definition) is 8. The van der Waals surface area contributed by atoms with Crippen molar-refractivity contribution < 1.29 is 41.6 Å². The summed E-state index contributed by atoms with van der Waals surface area (Å²) in [6.45, 7) is 0. The van der Waals surface area contributed by atoms with Gasteiger partial charge in [-0.25, -0.2) is 4.79 Å². The molecule has 6 atom stereocenters. The molecule has 2 bridgehead atoms. The van der Waals surface area contributed by atoms with E-state index in [9.17, 15) is 22.8 Å². The van der Waals surface area contributed by atoms with Gasteiger partial charge in [-0.2, -0.15) is 8.42 Å². The smallest absolute Gasteiger partial charge is 0.339 e. The van der Waals surface area contributed by atoms with E-state index in [0.717, 1.165) is 22.8 Å². The van der Waals surface area contributed by atoms with Crippen molar-refractivity contribution in [3.63, 3.8) is 0 Å². The molecule has 1 aliphatic heterocycles. The minimum atomic E-state index is -4.39. The van der Waals surface area contributed by atoms with E-state index in [-0.39, 0.29) is 16.6 Å². The van der Waals surface area contributed by atoms with Crippen LogP contribution in [0, 0.1) is 34.4 Å². The van der Waals surface area contributed by atoms with Gasteiger partial charge in [0.2, 0.25) is 0 Å². The third-order valence-electron chi connectivity index (χ3n) is 6.61. The Morgan fingerprint density at radius 1 is 1.06 bits per heavy atom. The average Bonchev–Trinajstić information content (AvgIpc) is 3.39. The summed E-state index contributed by atoms with van der Waals surface area (Å²) in [6.07, 6.45) is -0.887. The molecule has 6 unspecified atom stereocenters. The van der Waals surface area contributed by atoms with Crippen molar-refractivity contribution in [3.8, 4) is 5.75 Å². The van der Waals surface area contributed by atoms with Gasteiger partial charge in [-0.1, -0.05) is 0 Å². The highest BCUT2D eigenvalue weighted by Gasteiger charge is 2.70. The molecule has 1 heterocycles. The SMILES string of the molecule is O=C(OC1C2CC3C1OC(=O)C3C2C(=O)Oc1ccc(S(=O)(=O)O)cc1)c1cc(I)cc(I)c1I. The monoisotopic (exact) mass is 836 g/mol. The van der Waals surface area contributed by atoms with Gasteiger partial charge in [0.1, 0.15) is 18.0 Å². The molecule has 13 heteroatoms. The highest BCUT2D eigenvalue weighted by Crippen LogP contribution is 2.59. The second-order valence-electron chi connectivity index (χ2n) is 8.50. The third kappa shape index (κ3) is 4.59. The van der Waals surface area contributed by atoms with Crippen LogP contribution >= 0.6 is 67.8 Å². The summed E-state index contributed by atoms with van der Waals surface area (Å²) in [4.78, 5) is 38.5.